The van der Waals surface area contributed by atoms with Crippen molar-refractivity contribution in [3.8, 4) is 0 Å². The molecule has 0 amide bonds. The van der Waals surface area contributed by atoms with Gasteiger partial charge in [0.2, 0.25) is 0 Å². The molecule has 0 saturated heterocycles. The van der Waals surface area contributed by atoms with E-state index in [9.17, 15) is 5.11 Å². The molecule has 18 heavy (non-hydrogen) atoms. The predicted octanol–water partition coefficient (Wildman–Crippen LogP) is 3.12. The van der Waals surface area contributed by atoms with E-state index >= 15 is 0 Å². The van der Waals surface area contributed by atoms with Crippen molar-refractivity contribution in [2.75, 3.05) is 0 Å². The van der Waals surface area contributed by atoms with Gasteiger partial charge in [0.25, 0.3) is 0 Å². The number of aromatic nitrogens is 2. The van der Waals surface area contributed by atoms with Crippen molar-refractivity contribution >= 4 is 15.9 Å². The Morgan fingerprint density at radius 3 is 2.89 bits per heavy atom. The Hall–Kier alpha value is -1.13. The first kappa shape index (κ1) is 13.3. The Balaban J connectivity index is 2.26. The molecule has 2 aromatic rings. The van der Waals surface area contributed by atoms with Crippen molar-refractivity contribution in [1.29, 1.82) is 0 Å². The van der Waals surface area contributed by atoms with Crippen LogP contribution < -0.4 is 0 Å². The minimum atomic E-state index is -0.915. The molecular weight excluding hydrogens is 292 g/mol. The summed E-state index contributed by atoms with van der Waals surface area (Å²) in [4.78, 5) is 4.31. The summed E-state index contributed by atoms with van der Waals surface area (Å²) in [5.41, 5.74) is -0.0234. The summed E-state index contributed by atoms with van der Waals surface area (Å²) in [5.74, 6) is 0.905. The molecule has 2 rings (SSSR count). The monoisotopic (exact) mass is 308 g/mol. The number of benzene rings is 1. The molecule has 1 aromatic carbocycles. The van der Waals surface area contributed by atoms with Gasteiger partial charge in [0.1, 0.15) is 5.82 Å². The average Bonchev–Trinajstić information content (AvgIpc) is 2.75. The Bertz CT molecular complexity index is 534. The molecule has 0 aliphatic carbocycles. The lowest BCUT2D eigenvalue weighted by Crippen LogP contribution is -2.26. The summed E-state index contributed by atoms with van der Waals surface area (Å²) in [6, 6.07) is 7.76. The van der Waals surface area contributed by atoms with Gasteiger partial charge in [-0.05, 0) is 31.5 Å². The van der Waals surface area contributed by atoms with Crippen LogP contribution >= 0.6 is 15.9 Å². The van der Waals surface area contributed by atoms with Crippen LogP contribution in [0, 0.1) is 0 Å². The smallest absolute Gasteiger partial charge is 0.111 e. The Kier molecular flexibility index (Phi) is 3.88. The zero-order chi connectivity index (χ0) is 13.2. The van der Waals surface area contributed by atoms with Crippen LogP contribution in [0.15, 0.2) is 41.1 Å². The zero-order valence-electron chi connectivity index (χ0n) is 10.6. The second-order valence-corrected chi connectivity index (χ2v) is 5.51. The number of rotatable bonds is 4. The molecule has 0 bridgehead atoms. The molecule has 4 heteroatoms. The lowest BCUT2D eigenvalue weighted by atomic mass is 9.92. The molecule has 0 aliphatic heterocycles. The molecular formula is C14H17BrN2O. The van der Waals surface area contributed by atoms with Crippen LogP contribution in [-0.4, -0.2) is 14.7 Å². The number of nitrogens with zero attached hydrogens (tertiary/aromatic N) is 2. The number of aliphatic hydroxyl groups is 1. The minimum absolute atomic E-state index is 0.504. The molecule has 3 nitrogen and oxygen atoms in total. The molecule has 0 saturated carbocycles. The van der Waals surface area contributed by atoms with Crippen LogP contribution in [0.3, 0.4) is 0 Å². The summed E-state index contributed by atoms with van der Waals surface area (Å²) in [6.07, 6.45) is 4.21. The highest BCUT2D eigenvalue weighted by molar-refractivity contribution is 9.10. The van der Waals surface area contributed by atoms with E-state index in [2.05, 4.69) is 27.8 Å². The summed E-state index contributed by atoms with van der Waals surface area (Å²) in [5, 5.41) is 10.6. The highest BCUT2D eigenvalue weighted by Crippen LogP contribution is 2.26. The van der Waals surface area contributed by atoms with Crippen molar-refractivity contribution in [2.24, 2.45) is 0 Å². The van der Waals surface area contributed by atoms with Crippen molar-refractivity contribution in [3.63, 3.8) is 0 Å². The van der Waals surface area contributed by atoms with Crippen LogP contribution in [0.5, 0.6) is 0 Å². The molecule has 1 heterocycles. The minimum Gasteiger partial charge on any atom is -0.385 e. The fraction of sp³-hybridized carbons (Fsp3) is 0.357. The Morgan fingerprint density at radius 2 is 2.22 bits per heavy atom. The molecule has 1 aromatic heterocycles. The predicted molar refractivity (Wildman–Crippen MR) is 75.3 cm³/mol. The summed E-state index contributed by atoms with van der Waals surface area (Å²) < 4.78 is 3.02. The molecule has 1 atom stereocenters. The van der Waals surface area contributed by atoms with Gasteiger partial charge in [-0.3, -0.25) is 0 Å². The maximum atomic E-state index is 10.6. The first-order chi connectivity index (χ1) is 8.53. The van der Waals surface area contributed by atoms with Gasteiger partial charge in [0, 0.05) is 29.8 Å². The van der Waals surface area contributed by atoms with Gasteiger partial charge in [-0.2, -0.15) is 0 Å². The molecule has 96 valence electrons. The van der Waals surface area contributed by atoms with E-state index in [-0.39, 0.29) is 0 Å². The van der Waals surface area contributed by atoms with Crippen LogP contribution in [0.25, 0.3) is 0 Å². The maximum Gasteiger partial charge on any atom is 0.111 e. The molecule has 0 spiro atoms. The van der Waals surface area contributed by atoms with Crippen LogP contribution in [0.1, 0.15) is 25.2 Å². The average molecular weight is 309 g/mol. The maximum absolute atomic E-state index is 10.6. The summed E-state index contributed by atoms with van der Waals surface area (Å²) in [7, 11) is 0. The van der Waals surface area contributed by atoms with Gasteiger partial charge in [-0.25, -0.2) is 4.98 Å². The van der Waals surface area contributed by atoms with Gasteiger partial charge < -0.3 is 9.67 Å². The standard InChI is InChI=1S/C14H17BrN2O/c1-3-17-8-7-16-13(17)10-14(2,18)11-5-4-6-12(15)9-11/h4-9,18H,3,10H2,1-2H3. The first-order valence-electron chi connectivity index (χ1n) is 6.01. The third-order valence-electron chi connectivity index (χ3n) is 3.09. The number of imidazole rings is 1. The van der Waals surface area contributed by atoms with Gasteiger partial charge in [-0.15, -0.1) is 0 Å². The van der Waals surface area contributed by atoms with E-state index in [1.807, 2.05) is 42.0 Å². The number of hydrogen-bond acceptors (Lipinski definition) is 2. The third-order valence-corrected chi connectivity index (χ3v) is 3.58. The van der Waals surface area contributed by atoms with Crippen molar-refractivity contribution in [3.05, 3.63) is 52.5 Å². The van der Waals surface area contributed by atoms with E-state index in [4.69, 9.17) is 0 Å². The molecule has 1 unspecified atom stereocenters. The molecule has 0 fully saturated rings. The van der Waals surface area contributed by atoms with E-state index in [0.29, 0.717) is 6.42 Å². The summed E-state index contributed by atoms with van der Waals surface area (Å²) >= 11 is 3.43. The second kappa shape index (κ2) is 5.24. The number of hydrogen-bond donors (Lipinski definition) is 1. The van der Waals surface area contributed by atoms with Gasteiger partial charge in [0.05, 0.1) is 5.60 Å². The van der Waals surface area contributed by atoms with E-state index < -0.39 is 5.60 Å². The van der Waals surface area contributed by atoms with Crippen LogP contribution in [0.4, 0.5) is 0 Å². The number of aryl methyl sites for hydroxylation is 1. The number of halogens is 1. The molecule has 1 N–H and O–H groups in total. The van der Waals surface area contributed by atoms with Gasteiger partial charge >= 0.3 is 0 Å². The van der Waals surface area contributed by atoms with E-state index in [0.717, 1.165) is 22.4 Å². The largest absolute Gasteiger partial charge is 0.385 e. The van der Waals surface area contributed by atoms with E-state index in [1.54, 1.807) is 6.20 Å². The van der Waals surface area contributed by atoms with Gasteiger partial charge in [-0.1, -0.05) is 28.1 Å². The fourth-order valence-electron chi connectivity index (χ4n) is 2.03. The SMILES string of the molecule is CCn1ccnc1CC(C)(O)c1cccc(Br)c1. The Morgan fingerprint density at radius 1 is 1.44 bits per heavy atom. The fourth-order valence-corrected chi connectivity index (χ4v) is 2.43. The van der Waals surface area contributed by atoms with Crippen LogP contribution in [-0.2, 0) is 18.6 Å². The summed E-state index contributed by atoms with van der Waals surface area (Å²) in [6.45, 7) is 4.76. The van der Waals surface area contributed by atoms with Crippen LogP contribution in [0.2, 0.25) is 0 Å². The second-order valence-electron chi connectivity index (χ2n) is 4.59. The quantitative estimate of drug-likeness (QED) is 0.942. The normalized spacial score (nSPS) is 14.4. The highest BCUT2D eigenvalue weighted by atomic mass is 79.9. The zero-order valence-corrected chi connectivity index (χ0v) is 12.2. The lowest BCUT2D eigenvalue weighted by molar-refractivity contribution is 0.0545. The first-order valence-corrected chi connectivity index (χ1v) is 6.80. The van der Waals surface area contributed by atoms with Crippen molar-refractivity contribution < 1.29 is 5.11 Å². The Labute approximate surface area is 116 Å². The topological polar surface area (TPSA) is 38.0 Å². The molecule has 0 aliphatic rings. The molecule has 0 radical (unpaired) electrons. The lowest BCUT2D eigenvalue weighted by Gasteiger charge is -2.24. The highest BCUT2D eigenvalue weighted by Gasteiger charge is 2.25. The van der Waals surface area contributed by atoms with Gasteiger partial charge in [0.15, 0.2) is 0 Å². The van der Waals surface area contributed by atoms with E-state index in [1.165, 1.54) is 0 Å². The van der Waals surface area contributed by atoms with Crippen molar-refractivity contribution in [1.82, 2.24) is 9.55 Å². The third kappa shape index (κ3) is 2.82. The van der Waals surface area contributed by atoms with Crippen molar-refractivity contribution in [2.45, 2.75) is 32.4 Å².